The smallest absolute Gasteiger partial charge is 0.315 e. The number of Topliss-reactive ketones (excluding diaryl/α,β-unsaturated/α-hetero) is 1. The molecule has 1 heterocycles. The van der Waals surface area contributed by atoms with Gasteiger partial charge in [0.25, 0.3) is 5.91 Å². The molecule has 6 atom stereocenters. The number of likely N-dealkylation sites (tertiary alicyclic amines) is 1. The predicted molar refractivity (Wildman–Crippen MR) is 157 cm³/mol. The Morgan fingerprint density at radius 3 is 2.17 bits per heavy atom. The number of fused-ring (bicyclic) bond motifs is 1. The minimum Gasteiger partial charge on any atom is -0.383 e. The molecule has 0 aromatic rings. The van der Waals surface area contributed by atoms with E-state index < -0.39 is 41.8 Å². The highest BCUT2D eigenvalue weighted by atomic mass is 16.5. The van der Waals surface area contributed by atoms with E-state index >= 15 is 0 Å². The monoisotopic (exact) mass is 589 g/mol. The summed E-state index contributed by atoms with van der Waals surface area (Å²) in [5, 5.41) is 8.81. The number of urea groups is 1. The van der Waals surface area contributed by atoms with Crippen LogP contribution in [-0.2, 0) is 23.9 Å². The largest absolute Gasteiger partial charge is 0.383 e. The summed E-state index contributed by atoms with van der Waals surface area (Å²) in [6.07, 6.45) is 6.94. The Labute approximate surface area is 249 Å². The van der Waals surface area contributed by atoms with Crippen LogP contribution < -0.4 is 21.7 Å². The number of amides is 5. The highest BCUT2D eigenvalue weighted by Crippen LogP contribution is 2.65. The molecule has 0 aromatic heterocycles. The topological polar surface area (TPSA) is 160 Å². The fraction of sp³-hybridized carbons (Fsp3) is 0.839. The molecule has 0 radical (unpaired) electrons. The number of ketones is 1. The first-order valence-corrected chi connectivity index (χ1v) is 15.7. The number of ether oxygens (including phenoxy) is 1. The van der Waals surface area contributed by atoms with Crippen molar-refractivity contribution in [3.8, 4) is 0 Å². The molecule has 3 aliphatic carbocycles. The number of nitrogens with zero attached hydrogens (tertiary/aromatic N) is 1. The molecule has 4 aliphatic rings. The molecular weight excluding hydrogens is 538 g/mol. The number of carbonyl (C=O) groups is 5. The van der Waals surface area contributed by atoms with E-state index in [2.05, 4.69) is 29.8 Å². The van der Waals surface area contributed by atoms with Gasteiger partial charge in [-0.25, -0.2) is 4.79 Å². The quantitative estimate of drug-likeness (QED) is 0.255. The number of rotatable bonds is 12. The Morgan fingerprint density at radius 1 is 0.976 bits per heavy atom. The molecular formula is C31H51N5O6. The van der Waals surface area contributed by atoms with Gasteiger partial charge < -0.3 is 31.3 Å². The lowest BCUT2D eigenvalue weighted by atomic mass is 9.83. The van der Waals surface area contributed by atoms with Crippen molar-refractivity contribution in [2.45, 2.75) is 110 Å². The molecule has 42 heavy (non-hydrogen) atoms. The summed E-state index contributed by atoms with van der Waals surface area (Å²) in [6.45, 7) is 11.0. The Morgan fingerprint density at radius 2 is 1.62 bits per heavy atom. The van der Waals surface area contributed by atoms with Gasteiger partial charge >= 0.3 is 6.03 Å². The zero-order chi connectivity index (χ0) is 31.0. The van der Waals surface area contributed by atoms with Crippen LogP contribution in [-0.4, -0.2) is 78.9 Å². The van der Waals surface area contributed by atoms with Gasteiger partial charge in [0.2, 0.25) is 17.6 Å². The molecule has 0 bridgehead atoms. The number of piperidine rings is 1. The third kappa shape index (κ3) is 7.09. The lowest BCUT2D eigenvalue weighted by molar-refractivity contribution is -0.144. The molecule has 2 unspecified atom stereocenters. The van der Waals surface area contributed by atoms with Crippen molar-refractivity contribution in [3.05, 3.63) is 0 Å². The summed E-state index contributed by atoms with van der Waals surface area (Å²) in [5.41, 5.74) is 4.91. The average Bonchev–Trinajstić information content (AvgIpc) is 3.77. The van der Waals surface area contributed by atoms with Gasteiger partial charge in [-0.3, -0.25) is 19.2 Å². The van der Waals surface area contributed by atoms with Crippen LogP contribution in [0.5, 0.6) is 0 Å². The molecule has 4 rings (SSSR count). The number of methoxy groups -OCH3 is 1. The van der Waals surface area contributed by atoms with Gasteiger partial charge in [0.05, 0.1) is 18.7 Å². The van der Waals surface area contributed by atoms with Gasteiger partial charge in [0.15, 0.2) is 0 Å². The van der Waals surface area contributed by atoms with Crippen LogP contribution in [0.3, 0.4) is 0 Å². The summed E-state index contributed by atoms with van der Waals surface area (Å²) in [5.74, 6) is -2.27. The van der Waals surface area contributed by atoms with Crippen LogP contribution in [0, 0.1) is 34.5 Å². The summed E-state index contributed by atoms with van der Waals surface area (Å²) >= 11 is 0. The van der Waals surface area contributed by atoms with Crippen molar-refractivity contribution >= 4 is 29.5 Å². The third-order valence-corrected chi connectivity index (χ3v) is 10.3. The van der Waals surface area contributed by atoms with Crippen molar-refractivity contribution in [1.29, 1.82) is 0 Å². The molecule has 0 aromatic carbocycles. The molecule has 3 saturated carbocycles. The van der Waals surface area contributed by atoms with Crippen LogP contribution in [0.4, 0.5) is 4.79 Å². The number of nitrogens with two attached hydrogens (primary N) is 1. The molecule has 0 spiro atoms. The third-order valence-electron chi connectivity index (χ3n) is 10.3. The van der Waals surface area contributed by atoms with Gasteiger partial charge in [-0.15, -0.1) is 0 Å². The molecule has 11 heteroatoms. The predicted octanol–water partition coefficient (Wildman–Crippen LogP) is 2.12. The molecule has 5 amide bonds. The number of hydrogen-bond donors (Lipinski definition) is 4. The molecule has 4 fully saturated rings. The fourth-order valence-corrected chi connectivity index (χ4v) is 7.20. The van der Waals surface area contributed by atoms with Crippen molar-refractivity contribution in [1.82, 2.24) is 20.9 Å². The van der Waals surface area contributed by atoms with Gasteiger partial charge in [-0.05, 0) is 53.8 Å². The first-order chi connectivity index (χ1) is 19.7. The first kappa shape index (κ1) is 32.2. The highest BCUT2D eigenvalue weighted by Gasteiger charge is 2.69. The second kappa shape index (κ2) is 12.5. The average molecular weight is 590 g/mol. The Balaban J connectivity index is 1.55. The number of primary amides is 1. The highest BCUT2D eigenvalue weighted by molar-refractivity contribution is 6.37. The molecule has 1 aliphatic heterocycles. The van der Waals surface area contributed by atoms with E-state index in [9.17, 15) is 24.0 Å². The SMILES string of the molecule is COCC(NC(=O)N[C@H](C(=O)N1C[C@H]2[C@@H]([C@H]1C(=O)NC(CC1CC1)C(=O)C(N)=O)C2(C)C)C1CCCCC1)C(C)(C)C. The van der Waals surface area contributed by atoms with Crippen LogP contribution >= 0.6 is 0 Å². The van der Waals surface area contributed by atoms with Crippen LogP contribution in [0.25, 0.3) is 0 Å². The summed E-state index contributed by atoms with van der Waals surface area (Å²) in [6, 6.07) is -3.26. The van der Waals surface area contributed by atoms with Gasteiger partial charge in [-0.1, -0.05) is 66.7 Å². The minimum atomic E-state index is -1.07. The number of carbonyl (C=O) groups excluding carboxylic acids is 5. The van der Waals surface area contributed by atoms with Crippen LogP contribution in [0.2, 0.25) is 0 Å². The Kier molecular flexibility index (Phi) is 9.59. The van der Waals surface area contributed by atoms with Crippen molar-refractivity contribution in [2.75, 3.05) is 20.3 Å². The molecule has 236 valence electrons. The van der Waals surface area contributed by atoms with Gasteiger partial charge in [-0.2, -0.15) is 0 Å². The zero-order valence-electron chi connectivity index (χ0n) is 26.2. The van der Waals surface area contributed by atoms with Crippen molar-refractivity contribution < 1.29 is 28.7 Å². The Bertz CT molecular complexity index is 1060. The van der Waals surface area contributed by atoms with Crippen LogP contribution in [0.15, 0.2) is 0 Å². The molecule has 11 nitrogen and oxygen atoms in total. The van der Waals surface area contributed by atoms with E-state index in [-0.39, 0.29) is 46.5 Å². The van der Waals surface area contributed by atoms with Crippen molar-refractivity contribution in [2.24, 2.45) is 40.2 Å². The lowest BCUT2D eigenvalue weighted by Gasteiger charge is -2.38. The number of nitrogens with one attached hydrogen (secondary N) is 3. The standard InChI is InChI=1S/C31H51N5O6/c1-30(2,3)21(16-42-6)34-29(41)35-23(18-10-8-7-9-11-18)28(40)36-15-19-22(31(19,4)5)24(36)27(39)33-20(14-17-12-13-17)25(37)26(32)38/h17-24H,7-16H2,1-6H3,(H2,32,38)(H,33,39)(H2,34,35,41)/t19-,20?,21?,22-,23-,24-/m0/s1. The summed E-state index contributed by atoms with van der Waals surface area (Å²) in [4.78, 5) is 67.5. The maximum atomic E-state index is 14.3. The Hall–Kier alpha value is -2.69. The second-order valence-electron chi connectivity index (χ2n) is 14.7. The fourth-order valence-electron chi connectivity index (χ4n) is 7.20. The van der Waals surface area contributed by atoms with E-state index in [0.29, 0.717) is 19.6 Å². The van der Waals surface area contributed by atoms with E-state index in [4.69, 9.17) is 10.5 Å². The lowest BCUT2D eigenvalue weighted by Crippen LogP contribution is -2.61. The minimum absolute atomic E-state index is 0.0415. The van der Waals surface area contributed by atoms with Gasteiger partial charge in [0.1, 0.15) is 12.1 Å². The summed E-state index contributed by atoms with van der Waals surface area (Å²) < 4.78 is 5.33. The number of hydrogen-bond acceptors (Lipinski definition) is 6. The van der Waals surface area contributed by atoms with E-state index in [0.717, 1.165) is 44.9 Å². The second-order valence-corrected chi connectivity index (χ2v) is 14.7. The van der Waals surface area contributed by atoms with E-state index in [1.165, 1.54) is 0 Å². The van der Waals surface area contributed by atoms with E-state index in [1.54, 1.807) is 12.0 Å². The molecule has 5 N–H and O–H groups in total. The zero-order valence-corrected chi connectivity index (χ0v) is 26.2. The van der Waals surface area contributed by atoms with Crippen LogP contribution in [0.1, 0.15) is 86.0 Å². The van der Waals surface area contributed by atoms with E-state index in [1.807, 2.05) is 20.8 Å². The first-order valence-electron chi connectivity index (χ1n) is 15.7. The summed E-state index contributed by atoms with van der Waals surface area (Å²) in [7, 11) is 1.59. The molecule has 1 saturated heterocycles. The van der Waals surface area contributed by atoms with Gasteiger partial charge in [0, 0.05) is 13.7 Å². The maximum Gasteiger partial charge on any atom is 0.315 e. The maximum absolute atomic E-state index is 14.3. The van der Waals surface area contributed by atoms with Crippen molar-refractivity contribution in [3.63, 3.8) is 0 Å². The normalized spacial score (nSPS) is 27.3.